The lowest BCUT2D eigenvalue weighted by atomic mass is 9.90. The highest BCUT2D eigenvalue weighted by atomic mass is 15.1. The molecule has 0 aliphatic carbocycles. The third-order valence-electron chi connectivity index (χ3n) is 17.8. The third-order valence-corrected chi connectivity index (χ3v) is 17.8. The van der Waals surface area contributed by atoms with E-state index in [4.69, 9.17) is 30.0 Å². The highest BCUT2D eigenvalue weighted by Gasteiger charge is 2.34. The highest BCUT2D eigenvalue weighted by Crippen LogP contribution is 2.39. The zero-order valence-corrected chi connectivity index (χ0v) is 51.8. The van der Waals surface area contributed by atoms with Gasteiger partial charge < -0.3 is 9.55 Å². The smallest absolute Gasteiger partial charge is 0.272 e. The SMILES string of the molecule is CCCCCCCCCCc1ccc(CCCCCCCCCC)c2c1C1=NC2=Nc2[nH+]c(c3ccn(C)cc2-3)N=c2[nH]c(c3c(CCCCCCCCCC)ccc(CCCCCCCCCC)c23)=NC2=NC(=N1)c1cc[n+](C)cc12. The lowest BCUT2D eigenvalue weighted by Crippen LogP contribution is -2.28. The number of hydrogen-bond donors (Lipinski definition) is 1. The number of aromatic nitrogens is 4. The van der Waals surface area contributed by atoms with Crippen molar-refractivity contribution in [2.24, 2.45) is 44.0 Å². The van der Waals surface area contributed by atoms with E-state index in [1.807, 2.05) is 0 Å². The molecule has 10 nitrogen and oxygen atoms in total. The molecule has 9 rings (SSSR count). The van der Waals surface area contributed by atoms with Crippen molar-refractivity contribution < 1.29 is 9.55 Å². The summed E-state index contributed by atoms with van der Waals surface area (Å²) >= 11 is 0. The van der Waals surface area contributed by atoms with Gasteiger partial charge in [-0.15, -0.1) is 0 Å². The molecule has 7 heterocycles. The first kappa shape index (κ1) is 60.7. The summed E-state index contributed by atoms with van der Waals surface area (Å²) < 4.78 is 4.23. The lowest BCUT2D eigenvalue weighted by Gasteiger charge is -2.13. The number of aliphatic imine (C=N–C) groups is 4. The second kappa shape index (κ2) is 31.7. The molecule has 2 N–H and O–H groups in total. The van der Waals surface area contributed by atoms with Crippen LogP contribution >= 0.6 is 0 Å². The van der Waals surface area contributed by atoms with E-state index >= 15 is 0 Å². The predicted molar refractivity (Wildman–Crippen MR) is 344 cm³/mol. The van der Waals surface area contributed by atoms with Gasteiger partial charge in [0.15, 0.2) is 29.9 Å². The summed E-state index contributed by atoms with van der Waals surface area (Å²) in [5.74, 6) is 4.26. The maximum atomic E-state index is 5.71. The zero-order chi connectivity index (χ0) is 56.9. The van der Waals surface area contributed by atoms with Gasteiger partial charge in [0.25, 0.3) is 11.6 Å². The Bertz CT molecular complexity index is 3250. The number of aryl methyl sites for hydroxylation is 6. The topological polar surface area (TPSA) is 113 Å². The molecule has 0 fully saturated rings. The van der Waals surface area contributed by atoms with Crippen LogP contribution in [0.2, 0.25) is 0 Å². The van der Waals surface area contributed by atoms with Crippen molar-refractivity contribution in [3.63, 3.8) is 0 Å². The minimum atomic E-state index is 0.647. The summed E-state index contributed by atoms with van der Waals surface area (Å²) in [5.41, 5.74) is 13.1. The molecule has 0 amide bonds. The Hall–Kier alpha value is -5.90. The molecule has 0 unspecified atom stereocenters. The van der Waals surface area contributed by atoms with Crippen LogP contribution in [0.4, 0.5) is 11.6 Å². The maximum Gasteiger partial charge on any atom is 0.272 e. The number of hydrogen-bond acceptors (Lipinski definition) is 6. The van der Waals surface area contributed by atoms with Crippen LogP contribution in [0.25, 0.3) is 21.9 Å². The fourth-order valence-electron chi connectivity index (χ4n) is 13.0. The summed E-state index contributed by atoms with van der Waals surface area (Å²) in [6.07, 6.45) is 53.5. The first-order valence-electron chi connectivity index (χ1n) is 33.5. The summed E-state index contributed by atoms with van der Waals surface area (Å²) in [5, 5.41) is 2.35. The monoisotopic (exact) mass is 1110 g/mol. The Labute approximate surface area is 493 Å². The zero-order valence-electron chi connectivity index (χ0n) is 51.8. The molecule has 4 aromatic rings. The second-order valence-corrected chi connectivity index (χ2v) is 24.7. The van der Waals surface area contributed by atoms with Gasteiger partial charge in [-0.25, -0.2) is 24.5 Å². The van der Waals surface area contributed by atoms with E-state index in [-0.39, 0.29) is 0 Å². The van der Waals surface area contributed by atoms with Crippen LogP contribution in [-0.2, 0) is 39.8 Å². The molecule has 5 aliphatic rings. The molecule has 10 heteroatoms. The molecule has 0 spiro atoms. The molecular weight excluding hydrogens is 1000 g/mol. The molecule has 2 aromatic heterocycles. The lowest BCUT2D eigenvalue weighted by molar-refractivity contribution is -0.671. The van der Waals surface area contributed by atoms with Crippen molar-refractivity contribution in [1.82, 2.24) is 9.55 Å². The number of unbranched alkanes of at least 4 members (excludes halogenated alkanes) is 28. The predicted octanol–water partition coefficient (Wildman–Crippen LogP) is 17.6. The highest BCUT2D eigenvalue weighted by molar-refractivity contribution is 6.30. The third kappa shape index (κ3) is 15.8. The molecule has 0 atom stereocenters. The van der Waals surface area contributed by atoms with Gasteiger partial charge in [-0.1, -0.05) is 242 Å². The maximum absolute atomic E-state index is 5.71. The molecule has 5 aliphatic heterocycles. The molecular formula is C72H102N10+2. The van der Waals surface area contributed by atoms with Gasteiger partial charge in [0.05, 0.1) is 22.3 Å². The van der Waals surface area contributed by atoms with Gasteiger partial charge >= 0.3 is 0 Å². The number of rotatable bonds is 36. The molecule has 0 radical (unpaired) electrons. The van der Waals surface area contributed by atoms with Crippen molar-refractivity contribution in [3.05, 3.63) is 117 Å². The van der Waals surface area contributed by atoms with E-state index in [2.05, 4.69) is 122 Å². The van der Waals surface area contributed by atoms with Crippen LogP contribution in [0.5, 0.6) is 0 Å². The number of H-pyrrole nitrogens is 2. The Morgan fingerprint density at radius 2 is 0.780 bits per heavy atom. The van der Waals surface area contributed by atoms with Crippen LogP contribution < -0.4 is 20.5 Å². The van der Waals surface area contributed by atoms with Crippen LogP contribution in [-0.4, -0.2) is 32.9 Å². The van der Waals surface area contributed by atoms with E-state index in [0.717, 1.165) is 107 Å². The minimum absolute atomic E-state index is 0.647. The normalized spacial score (nSPS) is 13.5. The standard InChI is InChI=1S/C72H101N10/c1-7-11-15-19-23-27-31-35-39-53-43-45-55(41-37-33-29-25-21-17-13-9-3)63-61(53)69-75-65-57-47-49-81(5)51-59(57)68(73-65)78-72-64-56(42-38-34-30-26-22-18-14-10-4)46-44-54(40-36-32-28-24-20-16-12-8-2)62(64)70(80-72)76-66-58-48-50-82(6)52-60(58)67(74-66)77-71(63)79-69/h43-52H,7-42H2,1-6H3,(H,73,74,75,76,77,78,79,80)/q+1/p+1. The largest absolute Gasteiger partial charge is 0.356 e. The molecule has 0 saturated carbocycles. The van der Waals surface area contributed by atoms with Crippen LogP contribution in [0, 0.1) is 0 Å². The molecule has 8 bridgehead atoms. The average molecular weight is 1110 g/mol. The summed E-state index contributed by atoms with van der Waals surface area (Å²) in [7, 11) is 4.18. The van der Waals surface area contributed by atoms with Gasteiger partial charge in [-0.05, 0) is 79.7 Å². The molecule has 82 heavy (non-hydrogen) atoms. The van der Waals surface area contributed by atoms with Crippen molar-refractivity contribution in [2.75, 3.05) is 0 Å². The Morgan fingerprint density at radius 1 is 0.390 bits per heavy atom. The average Bonchev–Trinajstić information content (AvgIpc) is 4.14. The Balaban J connectivity index is 1.19. The van der Waals surface area contributed by atoms with Gasteiger partial charge in [0.1, 0.15) is 12.5 Å². The van der Waals surface area contributed by atoms with E-state index in [9.17, 15) is 0 Å². The fraction of sp³-hybridized carbons (Fsp3) is 0.583. The number of pyridine rings is 2. The van der Waals surface area contributed by atoms with Crippen LogP contribution in [0.1, 0.15) is 278 Å². The van der Waals surface area contributed by atoms with Crippen molar-refractivity contribution in [2.45, 2.75) is 259 Å². The van der Waals surface area contributed by atoms with Gasteiger partial charge in [0, 0.05) is 47.4 Å². The molecule has 2 aromatic carbocycles. The molecule has 0 saturated heterocycles. The number of benzene rings is 2. The number of nitrogens with one attached hydrogen (secondary N) is 2. The first-order chi connectivity index (χ1) is 40.4. The van der Waals surface area contributed by atoms with Crippen molar-refractivity contribution in [3.8, 4) is 11.1 Å². The van der Waals surface area contributed by atoms with Crippen molar-refractivity contribution >= 4 is 45.8 Å². The summed E-state index contributed by atoms with van der Waals surface area (Å²) in [6.45, 7) is 9.21. The van der Waals surface area contributed by atoms with Crippen LogP contribution in [0.3, 0.4) is 0 Å². The van der Waals surface area contributed by atoms with E-state index in [1.54, 1.807) is 0 Å². The van der Waals surface area contributed by atoms with Crippen LogP contribution in [0.15, 0.2) is 91.1 Å². The first-order valence-corrected chi connectivity index (χ1v) is 33.5. The van der Waals surface area contributed by atoms with E-state index < -0.39 is 0 Å². The van der Waals surface area contributed by atoms with Crippen molar-refractivity contribution in [1.29, 1.82) is 0 Å². The Morgan fingerprint density at radius 3 is 1.28 bits per heavy atom. The number of nitrogens with zero attached hydrogens (tertiary/aromatic N) is 8. The second-order valence-electron chi connectivity index (χ2n) is 24.7. The van der Waals surface area contributed by atoms with Gasteiger partial charge in [-0.2, -0.15) is 4.99 Å². The quantitative estimate of drug-likeness (QED) is 0.0298. The summed E-state index contributed by atoms with van der Waals surface area (Å²) in [4.78, 5) is 41.4. The van der Waals surface area contributed by atoms with E-state index in [0.29, 0.717) is 23.3 Å². The summed E-state index contributed by atoms with van der Waals surface area (Å²) in [6, 6.07) is 14.0. The minimum Gasteiger partial charge on any atom is -0.356 e. The Kier molecular flexibility index (Phi) is 23.4. The number of fused-ring (bicyclic) bond motifs is 18. The van der Waals surface area contributed by atoms with Gasteiger partial charge in [-0.3, -0.25) is 0 Å². The number of aromatic amines is 2. The van der Waals surface area contributed by atoms with Gasteiger partial charge in [0.2, 0.25) is 11.3 Å². The number of amidine groups is 4. The fourth-order valence-corrected chi connectivity index (χ4v) is 13.0. The molecule has 438 valence electrons. The van der Waals surface area contributed by atoms with E-state index in [1.165, 1.54) is 213 Å².